The number of urea groups is 1. The first-order valence-electron chi connectivity index (χ1n) is 19.3. The number of benzene rings is 2. The van der Waals surface area contributed by atoms with Crippen molar-refractivity contribution in [1.29, 1.82) is 0 Å². The van der Waals surface area contributed by atoms with Crippen molar-refractivity contribution >= 4 is 29.7 Å². The predicted molar refractivity (Wildman–Crippen MR) is 206 cm³/mol. The number of carbonyl (C=O) groups is 5. The van der Waals surface area contributed by atoms with Crippen LogP contribution in [0.4, 0.5) is 13.6 Å². The highest BCUT2D eigenvalue weighted by Crippen LogP contribution is 2.50. The van der Waals surface area contributed by atoms with E-state index in [0.29, 0.717) is 25.8 Å². The van der Waals surface area contributed by atoms with Crippen LogP contribution >= 0.6 is 0 Å². The van der Waals surface area contributed by atoms with E-state index in [2.05, 4.69) is 21.3 Å². The van der Waals surface area contributed by atoms with Gasteiger partial charge in [-0.05, 0) is 68.5 Å². The first-order chi connectivity index (χ1) is 26.2. The molecule has 1 spiro atoms. The number of alkyl halides is 2. The van der Waals surface area contributed by atoms with E-state index in [1.165, 1.54) is 11.9 Å². The normalized spacial score (nSPS) is 18.0. The van der Waals surface area contributed by atoms with E-state index >= 15 is 8.78 Å². The number of amides is 6. The molecule has 15 heteroatoms. The van der Waals surface area contributed by atoms with Gasteiger partial charge in [0.1, 0.15) is 18.1 Å². The fourth-order valence-electron chi connectivity index (χ4n) is 7.16. The Morgan fingerprint density at radius 3 is 1.85 bits per heavy atom. The number of hydrogen-bond acceptors (Lipinski definition) is 7. The molecule has 302 valence electrons. The number of halogens is 2. The minimum absolute atomic E-state index is 0.0303. The smallest absolute Gasteiger partial charge is 0.317 e. The van der Waals surface area contributed by atoms with E-state index in [-0.39, 0.29) is 57.7 Å². The Morgan fingerprint density at radius 2 is 1.29 bits per heavy atom. The molecule has 0 aliphatic carbocycles. The van der Waals surface area contributed by atoms with Gasteiger partial charge < -0.3 is 42.5 Å². The third-order valence-electron chi connectivity index (χ3n) is 10.6. The lowest BCUT2D eigenvalue weighted by atomic mass is 9.69. The van der Waals surface area contributed by atoms with Crippen LogP contribution in [-0.4, -0.2) is 109 Å². The topological polar surface area (TPSA) is 192 Å². The summed E-state index contributed by atoms with van der Waals surface area (Å²) in [5.74, 6) is -5.23. The van der Waals surface area contributed by atoms with E-state index in [0.717, 1.165) is 16.0 Å². The van der Waals surface area contributed by atoms with Crippen LogP contribution in [0.1, 0.15) is 63.5 Å². The van der Waals surface area contributed by atoms with Gasteiger partial charge in [0.15, 0.2) is 0 Å². The van der Waals surface area contributed by atoms with Gasteiger partial charge in [-0.3, -0.25) is 19.2 Å². The Morgan fingerprint density at radius 1 is 0.727 bits per heavy atom. The number of rotatable bonds is 18. The van der Waals surface area contributed by atoms with Crippen molar-refractivity contribution in [2.24, 2.45) is 22.8 Å². The maximum Gasteiger partial charge on any atom is 0.317 e. The Kier molecular flexibility index (Phi) is 15.5. The van der Waals surface area contributed by atoms with Crippen LogP contribution in [0.2, 0.25) is 0 Å². The molecule has 13 nitrogen and oxygen atoms in total. The molecule has 55 heavy (non-hydrogen) atoms. The summed E-state index contributed by atoms with van der Waals surface area (Å²) in [7, 11) is 1.39. The van der Waals surface area contributed by atoms with Gasteiger partial charge in [0, 0.05) is 33.1 Å². The van der Waals surface area contributed by atoms with Crippen LogP contribution in [-0.2, 0) is 32.0 Å². The number of likely N-dealkylation sites (tertiary alicyclic amines) is 2. The second kappa shape index (κ2) is 19.8. The van der Waals surface area contributed by atoms with E-state index < -0.39 is 71.7 Å². The van der Waals surface area contributed by atoms with Crippen molar-refractivity contribution in [1.82, 2.24) is 31.1 Å². The second-order valence-corrected chi connectivity index (χ2v) is 15.3. The summed E-state index contributed by atoms with van der Waals surface area (Å²) in [6, 6.07) is 13.8. The highest BCUT2D eigenvalue weighted by molar-refractivity contribution is 5.95. The highest BCUT2D eigenvalue weighted by Gasteiger charge is 2.64. The molecule has 0 unspecified atom stereocenters. The van der Waals surface area contributed by atoms with Gasteiger partial charge in [-0.15, -0.1) is 0 Å². The first-order valence-corrected chi connectivity index (χ1v) is 19.3. The second-order valence-electron chi connectivity index (χ2n) is 15.3. The third-order valence-corrected chi connectivity index (χ3v) is 10.6. The van der Waals surface area contributed by atoms with Crippen molar-refractivity contribution < 1.29 is 32.8 Å². The van der Waals surface area contributed by atoms with E-state index in [1.54, 1.807) is 0 Å². The fraction of sp³-hybridized carbons (Fsp3) is 0.575. The van der Waals surface area contributed by atoms with Gasteiger partial charge in [0.25, 0.3) is 5.92 Å². The molecule has 2 fully saturated rings. The van der Waals surface area contributed by atoms with Crippen molar-refractivity contribution in [2.75, 3.05) is 39.8 Å². The molecule has 4 atom stereocenters. The predicted octanol–water partition coefficient (Wildman–Crippen LogP) is 2.33. The molecule has 0 radical (unpaired) electrons. The number of nitrogens with zero attached hydrogens (tertiary/aromatic N) is 2. The first kappa shape index (κ1) is 43.1. The zero-order valence-electron chi connectivity index (χ0n) is 32.2. The quantitative estimate of drug-likeness (QED) is 0.125. The van der Waals surface area contributed by atoms with Crippen LogP contribution in [0, 0.1) is 11.3 Å². The van der Waals surface area contributed by atoms with Crippen LogP contribution in [0.25, 0.3) is 0 Å². The van der Waals surface area contributed by atoms with Crippen LogP contribution < -0.4 is 32.7 Å². The highest BCUT2D eigenvalue weighted by atomic mass is 19.3. The summed E-state index contributed by atoms with van der Waals surface area (Å²) in [6.45, 7) is 3.32. The van der Waals surface area contributed by atoms with Crippen molar-refractivity contribution in [3.63, 3.8) is 0 Å². The van der Waals surface area contributed by atoms with Crippen LogP contribution in [0.3, 0.4) is 0 Å². The monoisotopic (exact) mass is 768 g/mol. The molecular weight excluding hydrogens is 710 g/mol. The largest absolute Gasteiger partial charge is 0.343 e. The van der Waals surface area contributed by atoms with Crippen molar-refractivity contribution in [2.45, 2.75) is 95.3 Å². The average Bonchev–Trinajstić information content (AvgIpc) is 3.14. The summed E-state index contributed by atoms with van der Waals surface area (Å²) in [4.78, 5) is 69.7. The number of unbranched alkanes of at least 4 members (excludes halogenated alkanes) is 1. The summed E-state index contributed by atoms with van der Waals surface area (Å²) in [5.41, 5.74) is 12.2. The molecule has 2 aliphatic rings. The minimum atomic E-state index is -3.21. The van der Waals surface area contributed by atoms with Gasteiger partial charge in [-0.25, -0.2) is 13.6 Å². The summed E-state index contributed by atoms with van der Waals surface area (Å²) < 4.78 is 30.9. The molecule has 8 N–H and O–H groups in total. The van der Waals surface area contributed by atoms with E-state index in [9.17, 15) is 24.0 Å². The van der Waals surface area contributed by atoms with Gasteiger partial charge in [-0.1, -0.05) is 74.5 Å². The molecule has 6 amide bonds. The molecular formula is C40H58F2N8O5. The van der Waals surface area contributed by atoms with Gasteiger partial charge in [0.05, 0.1) is 18.0 Å². The lowest BCUT2D eigenvalue weighted by Crippen LogP contribution is -2.73. The SMILES string of the molecule is CNC(=O)N1CCC2(CN(C(=O)[C@@H](CCCCN)NC(=O)[C@@H](CCC(C)C)NC(=O)[C@@H](Cc3ccccc3)NC(=O)[C@H](N)Cc3ccccc3)C2)C(F)(F)C1. The number of hydrogen-bond donors (Lipinski definition) is 6. The maximum atomic E-state index is 15.4. The van der Waals surface area contributed by atoms with Crippen LogP contribution in [0.15, 0.2) is 60.7 Å². The lowest BCUT2D eigenvalue weighted by Gasteiger charge is -2.57. The zero-order valence-corrected chi connectivity index (χ0v) is 32.2. The summed E-state index contributed by atoms with van der Waals surface area (Å²) in [6.07, 6.45) is 2.55. The zero-order chi connectivity index (χ0) is 40.2. The molecule has 4 rings (SSSR count). The fourth-order valence-corrected chi connectivity index (χ4v) is 7.16. The molecule has 2 aromatic rings. The van der Waals surface area contributed by atoms with E-state index in [4.69, 9.17) is 11.5 Å². The number of piperidine rings is 1. The van der Waals surface area contributed by atoms with Gasteiger partial charge >= 0.3 is 6.03 Å². The average molecular weight is 769 g/mol. The molecule has 2 aliphatic heterocycles. The van der Waals surface area contributed by atoms with E-state index in [1.807, 2.05) is 74.5 Å². The lowest BCUT2D eigenvalue weighted by molar-refractivity contribution is -0.219. The summed E-state index contributed by atoms with van der Waals surface area (Å²) >= 11 is 0. The molecule has 2 aromatic carbocycles. The number of nitrogens with two attached hydrogens (primary N) is 2. The van der Waals surface area contributed by atoms with Gasteiger partial charge in [-0.2, -0.15) is 0 Å². The standard InChI is InChI=1S/C40H58F2N8O5/c1-27(2)17-18-31(46-36(53)33(23-29-14-8-5-9-15-29)48-34(51)30(44)22-28-12-6-4-7-13-28)35(52)47-32(16-10-11-20-43)37(54)50-24-39(25-50)19-21-49(38(55)45-3)26-40(39,41)42/h4-9,12-15,27,30-33H,10-11,16-26,43-44H2,1-3H3,(H,45,55)(H,46,53)(H,47,52)(H,48,51)/t30-,31-,32-,33-/m1/s1. The minimum Gasteiger partial charge on any atom is -0.343 e. The van der Waals surface area contributed by atoms with Crippen LogP contribution in [0.5, 0.6) is 0 Å². The Bertz CT molecular complexity index is 1590. The Labute approximate surface area is 322 Å². The van der Waals surface area contributed by atoms with Crippen molar-refractivity contribution in [3.05, 3.63) is 71.8 Å². The molecule has 0 saturated carbocycles. The molecule has 0 aromatic heterocycles. The molecule has 0 bridgehead atoms. The maximum absolute atomic E-state index is 15.4. The number of nitrogens with one attached hydrogen (secondary N) is 4. The molecule has 2 heterocycles. The summed E-state index contributed by atoms with van der Waals surface area (Å²) in [5, 5.41) is 10.9. The Hall–Kier alpha value is -4.63. The van der Waals surface area contributed by atoms with Crippen molar-refractivity contribution in [3.8, 4) is 0 Å². The Balaban J connectivity index is 1.48. The number of carbonyl (C=O) groups excluding carboxylic acids is 5. The van der Waals surface area contributed by atoms with Gasteiger partial charge in [0.2, 0.25) is 23.6 Å². The molecule has 2 saturated heterocycles. The third kappa shape index (κ3) is 11.7.